The van der Waals surface area contributed by atoms with E-state index in [-0.39, 0.29) is 0 Å². The Kier molecular flexibility index (Phi) is 4.68. The van der Waals surface area contributed by atoms with Crippen molar-refractivity contribution < 1.29 is 9.26 Å². The number of aromatic nitrogens is 2. The van der Waals surface area contributed by atoms with Crippen LogP contribution in [0.3, 0.4) is 0 Å². The highest BCUT2D eigenvalue weighted by molar-refractivity contribution is 7.98. The van der Waals surface area contributed by atoms with Gasteiger partial charge in [0.2, 0.25) is 5.89 Å². The first kappa shape index (κ1) is 13.7. The number of anilines is 1. The van der Waals surface area contributed by atoms with Gasteiger partial charge in [-0.3, -0.25) is 0 Å². The predicted molar refractivity (Wildman–Crippen MR) is 75.3 cm³/mol. The van der Waals surface area contributed by atoms with Crippen LogP contribution in [-0.4, -0.2) is 17.3 Å². The Hall–Kier alpha value is -1.69. The summed E-state index contributed by atoms with van der Waals surface area (Å²) in [6.07, 6.45) is 1.85. The van der Waals surface area contributed by atoms with Crippen LogP contribution in [0.5, 0.6) is 5.75 Å². The van der Waals surface area contributed by atoms with E-state index in [0.29, 0.717) is 11.6 Å². The number of methoxy groups -OCH3 is 1. The molecule has 0 atom stereocenters. The Morgan fingerprint density at radius 3 is 3.00 bits per heavy atom. The van der Waals surface area contributed by atoms with Gasteiger partial charge in [0.05, 0.1) is 12.9 Å². The number of aryl methyl sites for hydroxylation is 1. The summed E-state index contributed by atoms with van der Waals surface area (Å²) in [5, 5.41) is 3.92. The molecule has 2 N–H and O–H groups in total. The minimum absolute atomic E-state index is 0.605. The third-order valence-corrected chi connectivity index (χ3v) is 3.61. The third-order valence-electron chi connectivity index (χ3n) is 2.56. The zero-order valence-electron chi connectivity index (χ0n) is 11.0. The summed E-state index contributed by atoms with van der Waals surface area (Å²) in [7, 11) is 1.63. The van der Waals surface area contributed by atoms with Crippen LogP contribution < -0.4 is 10.5 Å². The van der Waals surface area contributed by atoms with Crippen LogP contribution in [-0.2, 0) is 12.2 Å². The van der Waals surface area contributed by atoms with Crippen molar-refractivity contribution >= 4 is 17.4 Å². The molecular weight excluding hydrogens is 262 g/mol. The quantitative estimate of drug-likeness (QED) is 0.647. The highest BCUT2D eigenvalue weighted by Gasteiger charge is 2.08. The number of thioether (sulfide) groups is 1. The van der Waals surface area contributed by atoms with Gasteiger partial charge in [-0.05, 0) is 24.6 Å². The van der Waals surface area contributed by atoms with Gasteiger partial charge < -0.3 is 15.0 Å². The number of rotatable bonds is 6. The van der Waals surface area contributed by atoms with Gasteiger partial charge in [-0.1, -0.05) is 12.1 Å². The van der Waals surface area contributed by atoms with Crippen molar-refractivity contribution in [3.63, 3.8) is 0 Å². The van der Waals surface area contributed by atoms with Crippen molar-refractivity contribution in [3.05, 3.63) is 29.9 Å². The topological polar surface area (TPSA) is 74.2 Å². The molecule has 5 nitrogen and oxygen atoms in total. The van der Waals surface area contributed by atoms with Gasteiger partial charge in [0.25, 0.3) is 0 Å². The average molecular weight is 279 g/mol. The van der Waals surface area contributed by atoms with E-state index < -0.39 is 0 Å². The first-order valence-corrected chi connectivity index (χ1v) is 7.09. The highest BCUT2D eigenvalue weighted by atomic mass is 32.2. The second-order valence-electron chi connectivity index (χ2n) is 4.05. The Labute approximate surface area is 116 Å². The Balaban J connectivity index is 2.01. The van der Waals surface area contributed by atoms with Gasteiger partial charge >= 0.3 is 0 Å². The van der Waals surface area contributed by atoms with Gasteiger partial charge in [-0.2, -0.15) is 4.98 Å². The lowest BCUT2D eigenvalue weighted by atomic mass is 10.3. The first-order valence-electron chi connectivity index (χ1n) is 6.10. The van der Waals surface area contributed by atoms with Gasteiger partial charge in [0.15, 0.2) is 5.82 Å². The normalized spacial score (nSPS) is 10.6. The maximum absolute atomic E-state index is 5.92. The van der Waals surface area contributed by atoms with Gasteiger partial charge in [-0.15, -0.1) is 11.8 Å². The van der Waals surface area contributed by atoms with Crippen molar-refractivity contribution in [2.45, 2.75) is 30.4 Å². The Morgan fingerprint density at radius 1 is 1.42 bits per heavy atom. The molecule has 0 aliphatic heterocycles. The standard InChI is InChI=1S/C13H17N3O2S/c1-3-4-12-15-13(18-16-12)8-19-11-7-9(17-2)5-6-10(11)14/h5-7H,3-4,8,14H2,1-2H3. The molecule has 0 spiro atoms. The molecular formula is C13H17N3O2S. The number of nitrogens with zero attached hydrogens (tertiary/aromatic N) is 2. The van der Waals surface area contributed by atoms with Crippen molar-refractivity contribution in [3.8, 4) is 5.75 Å². The molecule has 0 saturated heterocycles. The van der Waals surface area contributed by atoms with Crippen LogP contribution in [0.15, 0.2) is 27.6 Å². The lowest BCUT2D eigenvalue weighted by molar-refractivity contribution is 0.384. The molecule has 2 aromatic rings. The van der Waals surface area contributed by atoms with Crippen LogP contribution in [0.2, 0.25) is 0 Å². The van der Waals surface area contributed by atoms with E-state index >= 15 is 0 Å². The largest absolute Gasteiger partial charge is 0.497 e. The molecule has 19 heavy (non-hydrogen) atoms. The molecule has 1 aromatic heterocycles. The van der Waals surface area contributed by atoms with Crippen molar-refractivity contribution in [1.29, 1.82) is 0 Å². The molecule has 6 heteroatoms. The number of ether oxygens (including phenoxy) is 1. The van der Waals surface area contributed by atoms with Crippen LogP contribution in [0, 0.1) is 0 Å². The van der Waals surface area contributed by atoms with Crippen LogP contribution in [0.4, 0.5) is 5.69 Å². The van der Waals surface area contributed by atoms with Gasteiger partial charge in [0, 0.05) is 17.0 Å². The summed E-state index contributed by atoms with van der Waals surface area (Å²) in [5.74, 6) is 2.77. The minimum atomic E-state index is 0.605. The average Bonchev–Trinajstić information content (AvgIpc) is 2.86. The summed E-state index contributed by atoms with van der Waals surface area (Å²) in [6.45, 7) is 2.09. The summed E-state index contributed by atoms with van der Waals surface area (Å²) in [6, 6.07) is 5.58. The zero-order chi connectivity index (χ0) is 13.7. The molecule has 102 valence electrons. The van der Waals surface area contributed by atoms with Crippen molar-refractivity contribution in [1.82, 2.24) is 10.1 Å². The molecule has 0 aliphatic rings. The van der Waals surface area contributed by atoms with Gasteiger partial charge in [0.1, 0.15) is 5.75 Å². The number of benzene rings is 1. The number of hydrogen-bond acceptors (Lipinski definition) is 6. The van der Waals surface area contributed by atoms with Crippen LogP contribution in [0.1, 0.15) is 25.1 Å². The summed E-state index contributed by atoms with van der Waals surface area (Å²) < 4.78 is 10.4. The number of nitrogen functional groups attached to an aromatic ring is 1. The predicted octanol–water partition coefficient (Wildman–Crippen LogP) is 2.91. The smallest absolute Gasteiger partial charge is 0.237 e. The van der Waals surface area contributed by atoms with Crippen molar-refractivity contribution in [2.75, 3.05) is 12.8 Å². The Morgan fingerprint density at radius 2 is 2.26 bits per heavy atom. The molecule has 1 aromatic carbocycles. The molecule has 0 unspecified atom stereocenters. The zero-order valence-corrected chi connectivity index (χ0v) is 11.9. The van der Waals surface area contributed by atoms with E-state index in [1.165, 1.54) is 0 Å². The monoisotopic (exact) mass is 279 g/mol. The van der Waals surface area contributed by atoms with E-state index in [9.17, 15) is 0 Å². The second-order valence-corrected chi connectivity index (χ2v) is 5.06. The molecule has 0 fully saturated rings. The van der Waals surface area contributed by atoms with E-state index in [1.807, 2.05) is 18.2 Å². The van der Waals surface area contributed by atoms with E-state index in [0.717, 1.165) is 35.0 Å². The van der Waals surface area contributed by atoms with Crippen LogP contribution >= 0.6 is 11.8 Å². The Bertz CT molecular complexity index is 542. The summed E-state index contributed by atoms with van der Waals surface area (Å²) in [4.78, 5) is 5.27. The highest BCUT2D eigenvalue weighted by Crippen LogP contribution is 2.31. The first-order chi connectivity index (χ1) is 9.22. The second kappa shape index (κ2) is 6.47. The number of nitrogens with two attached hydrogens (primary N) is 1. The molecule has 1 heterocycles. The van der Waals surface area contributed by atoms with Gasteiger partial charge in [-0.25, -0.2) is 0 Å². The van der Waals surface area contributed by atoms with E-state index in [1.54, 1.807) is 18.9 Å². The maximum Gasteiger partial charge on any atom is 0.237 e. The molecule has 0 saturated carbocycles. The minimum Gasteiger partial charge on any atom is -0.497 e. The van der Waals surface area contributed by atoms with Crippen LogP contribution in [0.25, 0.3) is 0 Å². The van der Waals surface area contributed by atoms with E-state index in [4.69, 9.17) is 15.0 Å². The maximum atomic E-state index is 5.92. The molecule has 0 aliphatic carbocycles. The SMILES string of the molecule is CCCc1noc(CSc2cc(OC)ccc2N)n1. The fraction of sp³-hybridized carbons (Fsp3) is 0.385. The fourth-order valence-electron chi connectivity index (χ4n) is 1.58. The lowest BCUT2D eigenvalue weighted by Gasteiger charge is -2.06. The molecule has 2 rings (SSSR count). The van der Waals surface area contributed by atoms with E-state index in [2.05, 4.69) is 17.1 Å². The van der Waals surface area contributed by atoms with Crippen molar-refractivity contribution in [2.24, 2.45) is 0 Å². The molecule has 0 bridgehead atoms. The summed E-state index contributed by atoms with van der Waals surface area (Å²) >= 11 is 1.56. The lowest BCUT2D eigenvalue weighted by Crippen LogP contribution is -1.91. The molecule has 0 amide bonds. The number of hydrogen-bond donors (Lipinski definition) is 1. The molecule has 0 radical (unpaired) electrons. The fourth-order valence-corrected chi connectivity index (χ4v) is 2.41. The third kappa shape index (κ3) is 3.64. The summed E-state index contributed by atoms with van der Waals surface area (Å²) in [5.41, 5.74) is 6.64.